The van der Waals surface area contributed by atoms with Crippen LogP contribution in [-0.4, -0.2) is 36.2 Å². The standard InChI is InChI=1S/C13H19FN2O/c1-16(11-3-4-11)7-6-15-9-10-2-5-13(17)12(14)8-10/h2,5,8,11,15,17H,3-4,6-7,9H2,1H3. The largest absolute Gasteiger partial charge is 0.505 e. The van der Waals surface area contributed by atoms with Gasteiger partial charge in [-0.15, -0.1) is 0 Å². The third kappa shape index (κ3) is 3.68. The summed E-state index contributed by atoms with van der Waals surface area (Å²) in [5.74, 6) is -0.846. The highest BCUT2D eigenvalue weighted by atomic mass is 19.1. The highest BCUT2D eigenvalue weighted by molar-refractivity contribution is 5.27. The molecule has 0 unspecified atom stereocenters. The zero-order valence-electron chi connectivity index (χ0n) is 10.1. The maximum atomic E-state index is 13.0. The van der Waals surface area contributed by atoms with Crippen LogP contribution in [0.25, 0.3) is 0 Å². The van der Waals surface area contributed by atoms with Gasteiger partial charge in [0.2, 0.25) is 0 Å². The summed E-state index contributed by atoms with van der Waals surface area (Å²) in [4.78, 5) is 2.35. The number of hydrogen-bond acceptors (Lipinski definition) is 3. The molecule has 1 fully saturated rings. The normalized spacial score (nSPS) is 15.5. The molecule has 2 N–H and O–H groups in total. The maximum absolute atomic E-state index is 13.0. The van der Waals surface area contributed by atoms with Gasteiger partial charge in [-0.2, -0.15) is 0 Å². The van der Waals surface area contributed by atoms with Crippen molar-refractivity contribution in [1.82, 2.24) is 10.2 Å². The van der Waals surface area contributed by atoms with Gasteiger partial charge in [0.05, 0.1) is 0 Å². The van der Waals surface area contributed by atoms with E-state index >= 15 is 0 Å². The Bertz CT molecular complexity index is 380. The van der Waals surface area contributed by atoms with E-state index in [0.717, 1.165) is 24.7 Å². The van der Waals surface area contributed by atoms with Crippen LogP contribution in [0.2, 0.25) is 0 Å². The first-order valence-electron chi connectivity index (χ1n) is 6.05. The quantitative estimate of drug-likeness (QED) is 0.741. The number of likely N-dealkylation sites (N-methyl/N-ethyl adjacent to an activating group) is 1. The third-order valence-electron chi connectivity index (χ3n) is 3.15. The predicted molar refractivity (Wildman–Crippen MR) is 65.4 cm³/mol. The molecule has 0 heterocycles. The van der Waals surface area contributed by atoms with Crippen molar-refractivity contribution in [2.45, 2.75) is 25.4 Å². The average molecular weight is 238 g/mol. The first-order chi connectivity index (χ1) is 8.16. The fraction of sp³-hybridized carbons (Fsp3) is 0.538. The highest BCUT2D eigenvalue weighted by Gasteiger charge is 2.25. The lowest BCUT2D eigenvalue weighted by molar-refractivity contribution is 0.321. The summed E-state index contributed by atoms with van der Waals surface area (Å²) in [6.45, 7) is 2.55. The molecule has 3 nitrogen and oxygen atoms in total. The number of phenols is 1. The summed E-state index contributed by atoms with van der Waals surface area (Å²) in [6.07, 6.45) is 2.64. The van der Waals surface area contributed by atoms with Crippen LogP contribution in [-0.2, 0) is 6.54 Å². The Morgan fingerprint density at radius 3 is 2.88 bits per heavy atom. The summed E-state index contributed by atoms with van der Waals surface area (Å²) < 4.78 is 13.0. The molecule has 1 saturated carbocycles. The van der Waals surface area contributed by atoms with Crippen LogP contribution in [0.1, 0.15) is 18.4 Å². The lowest BCUT2D eigenvalue weighted by Crippen LogP contribution is -2.30. The maximum Gasteiger partial charge on any atom is 0.165 e. The molecule has 0 amide bonds. The molecule has 1 aromatic rings. The summed E-state index contributed by atoms with van der Waals surface area (Å²) >= 11 is 0. The van der Waals surface area contributed by atoms with E-state index in [1.807, 2.05) is 0 Å². The molecule has 0 aromatic heterocycles. The first-order valence-corrected chi connectivity index (χ1v) is 6.05. The van der Waals surface area contributed by atoms with Crippen molar-refractivity contribution in [1.29, 1.82) is 0 Å². The molecule has 1 aliphatic rings. The molecular formula is C13H19FN2O. The number of aromatic hydroxyl groups is 1. The van der Waals surface area contributed by atoms with Crippen LogP contribution in [0.3, 0.4) is 0 Å². The number of nitrogens with one attached hydrogen (secondary N) is 1. The summed E-state index contributed by atoms with van der Waals surface area (Å²) in [7, 11) is 2.14. The van der Waals surface area contributed by atoms with Crippen molar-refractivity contribution in [3.8, 4) is 5.75 Å². The average Bonchev–Trinajstić information content (AvgIpc) is 3.13. The van der Waals surface area contributed by atoms with Crippen LogP contribution in [0, 0.1) is 5.82 Å². The van der Waals surface area contributed by atoms with E-state index in [2.05, 4.69) is 17.3 Å². The van der Waals surface area contributed by atoms with Gasteiger partial charge in [0.25, 0.3) is 0 Å². The molecule has 0 spiro atoms. The Labute approximate surface area is 101 Å². The van der Waals surface area contributed by atoms with Gasteiger partial charge in [0, 0.05) is 25.7 Å². The molecule has 0 aliphatic heterocycles. The molecule has 0 saturated heterocycles. The molecule has 94 valence electrons. The van der Waals surface area contributed by atoms with E-state index < -0.39 is 5.82 Å². The first kappa shape index (κ1) is 12.3. The van der Waals surface area contributed by atoms with E-state index in [9.17, 15) is 4.39 Å². The molecule has 0 atom stereocenters. The summed E-state index contributed by atoms with van der Waals surface area (Å²) in [5, 5.41) is 12.3. The van der Waals surface area contributed by atoms with Gasteiger partial charge < -0.3 is 15.3 Å². The molecule has 0 radical (unpaired) electrons. The van der Waals surface area contributed by atoms with Crippen molar-refractivity contribution in [2.75, 3.05) is 20.1 Å². The van der Waals surface area contributed by atoms with Crippen LogP contribution >= 0.6 is 0 Å². The van der Waals surface area contributed by atoms with E-state index in [1.54, 1.807) is 6.07 Å². The Morgan fingerprint density at radius 1 is 1.47 bits per heavy atom. The van der Waals surface area contributed by atoms with Crippen LogP contribution in [0.15, 0.2) is 18.2 Å². The number of phenolic OH excluding ortho intramolecular Hbond substituents is 1. The molecule has 2 rings (SSSR count). The molecule has 1 aromatic carbocycles. The topological polar surface area (TPSA) is 35.5 Å². The van der Waals surface area contributed by atoms with Crippen LogP contribution in [0.5, 0.6) is 5.75 Å². The summed E-state index contributed by atoms with van der Waals surface area (Å²) in [6, 6.07) is 5.27. The van der Waals surface area contributed by atoms with Gasteiger partial charge in [-0.05, 0) is 37.6 Å². The van der Waals surface area contributed by atoms with Gasteiger partial charge in [0.15, 0.2) is 11.6 Å². The van der Waals surface area contributed by atoms with E-state index in [-0.39, 0.29) is 5.75 Å². The third-order valence-corrected chi connectivity index (χ3v) is 3.15. The second kappa shape index (κ2) is 5.47. The number of hydrogen-bond donors (Lipinski definition) is 2. The second-order valence-corrected chi connectivity index (χ2v) is 4.67. The van der Waals surface area contributed by atoms with Crippen molar-refractivity contribution in [3.05, 3.63) is 29.6 Å². The number of benzene rings is 1. The Balaban J connectivity index is 1.68. The van der Waals surface area contributed by atoms with Gasteiger partial charge in [-0.3, -0.25) is 0 Å². The van der Waals surface area contributed by atoms with Gasteiger partial charge in [-0.1, -0.05) is 6.07 Å². The molecule has 1 aliphatic carbocycles. The Kier molecular flexibility index (Phi) is 3.97. The second-order valence-electron chi connectivity index (χ2n) is 4.67. The fourth-order valence-corrected chi connectivity index (χ4v) is 1.85. The zero-order valence-corrected chi connectivity index (χ0v) is 10.1. The highest BCUT2D eigenvalue weighted by Crippen LogP contribution is 2.24. The monoisotopic (exact) mass is 238 g/mol. The molecule has 17 heavy (non-hydrogen) atoms. The number of halogens is 1. The van der Waals surface area contributed by atoms with Crippen molar-refractivity contribution >= 4 is 0 Å². The lowest BCUT2D eigenvalue weighted by atomic mass is 10.2. The lowest BCUT2D eigenvalue weighted by Gasteiger charge is -2.15. The minimum atomic E-state index is -0.556. The zero-order chi connectivity index (χ0) is 12.3. The molecule has 4 heteroatoms. The number of nitrogens with zero attached hydrogens (tertiary/aromatic N) is 1. The van der Waals surface area contributed by atoms with Crippen LogP contribution in [0.4, 0.5) is 4.39 Å². The number of rotatable bonds is 6. The SMILES string of the molecule is CN(CCNCc1ccc(O)c(F)c1)C1CC1. The van der Waals surface area contributed by atoms with Gasteiger partial charge in [0.1, 0.15) is 0 Å². The van der Waals surface area contributed by atoms with Crippen molar-refractivity contribution in [2.24, 2.45) is 0 Å². The smallest absolute Gasteiger partial charge is 0.165 e. The molecule has 0 bridgehead atoms. The minimum Gasteiger partial charge on any atom is -0.505 e. The fourth-order valence-electron chi connectivity index (χ4n) is 1.85. The van der Waals surface area contributed by atoms with Gasteiger partial charge >= 0.3 is 0 Å². The Hall–Kier alpha value is -1.13. The van der Waals surface area contributed by atoms with Gasteiger partial charge in [-0.25, -0.2) is 4.39 Å². The van der Waals surface area contributed by atoms with Crippen molar-refractivity contribution < 1.29 is 9.50 Å². The Morgan fingerprint density at radius 2 is 2.24 bits per heavy atom. The van der Waals surface area contributed by atoms with E-state index in [4.69, 9.17) is 5.11 Å². The summed E-state index contributed by atoms with van der Waals surface area (Å²) in [5.41, 5.74) is 0.856. The van der Waals surface area contributed by atoms with E-state index in [1.165, 1.54) is 25.0 Å². The van der Waals surface area contributed by atoms with E-state index in [0.29, 0.717) is 6.54 Å². The minimum absolute atomic E-state index is 0.290. The van der Waals surface area contributed by atoms with Crippen molar-refractivity contribution in [3.63, 3.8) is 0 Å². The van der Waals surface area contributed by atoms with Crippen LogP contribution < -0.4 is 5.32 Å². The molecular weight excluding hydrogens is 219 g/mol. The predicted octanol–water partition coefficient (Wildman–Crippen LogP) is 1.72.